The van der Waals surface area contributed by atoms with Crippen molar-refractivity contribution in [2.24, 2.45) is 17.8 Å². The minimum absolute atomic E-state index is 0.0180. The van der Waals surface area contributed by atoms with Crippen LogP contribution < -0.4 is 0 Å². The van der Waals surface area contributed by atoms with E-state index in [1.54, 1.807) is 0 Å². The summed E-state index contributed by atoms with van der Waals surface area (Å²) in [6.45, 7) is 4.33. The van der Waals surface area contributed by atoms with Gasteiger partial charge in [-0.2, -0.15) is 0 Å². The molecule has 0 saturated heterocycles. The van der Waals surface area contributed by atoms with E-state index in [2.05, 4.69) is 25.1 Å². The molecule has 0 aromatic heterocycles. The lowest BCUT2D eigenvalue weighted by atomic mass is 9.68. The Balaban J connectivity index is 1.30. The molecule has 0 spiro atoms. The molecule has 0 heterocycles. The fraction of sp³-hybridized carbons (Fsp3) is 0.655. The Morgan fingerprint density at radius 1 is 0.800 bits per heavy atom. The fourth-order valence-corrected chi connectivity index (χ4v) is 6.44. The largest absolute Gasteiger partial charge is 0.206 e. The lowest BCUT2D eigenvalue weighted by molar-refractivity contribution is 0.155. The van der Waals surface area contributed by atoms with Gasteiger partial charge in [-0.05, 0) is 85.1 Å². The quantitative estimate of drug-likeness (QED) is 0.400. The molecule has 0 aliphatic heterocycles. The van der Waals surface area contributed by atoms with Crippen molar-refractivity contribution < 1.29 is 4.39 Å². The normalized spacial score (nSPS) is 27.4. The molecule has 0 N–H and O–H groups in total. The molecule has 0 bridgehead atoms. The summed E-state index contributed by atoms with van der Waals surface area (Å²) in [5.74, 6) is 3.63. The van der Waals surface area contributed by atoms with E-state index < -0.39 is 0 Å². The summed E-state index contributed by atoms with van der Waals surface area (Å²) in [5.41, 5.74) is 2.26. The highest BCUT2D eigenvalue weighted by atomic mass is 19.1. The second-order valence-corrected chi connectivity index (χ2v) is 10.3. The summed E-state index contributed by atoms with van der Waals surface area (Å²) in [6.07, 6.45) is 17.9. The topological polar surface area (TPSA) is 0 Å². The molecule has 2 aliphatic rings. The number of aryl methyl sites for hydroxylation is 1. The van der Waals surface area contributed by atoms with E-state index in [4.69, 9.17) is 0 Å². The molecule has 30 heavy (non-hydrogen) atoms. The Morgan fingerprint density at radius 2 is 1.50 bits per heavy atom. The van der Waals surface area contributed by atoms with Gasteiger partial charge in [0.05, 0.1) is 0 Å². The van der Waals surface area contributed by atoms with Gasteiger partial charge in [-0.15, -0.1) is 0 Å². The average molecular weight is 409 g/mol. The SMILES string of the molecule is CCCCCC1CCC(C2CCC(c3ccc4c(F)c(CC)ccc4c3)CC2)CC1. The zero-order valence-corrected chi connectivity index (χ0v) is 19.3. The monoisotopic (exact) mass is 408 g/mol. The van der Waals surface area contributed by atoms with Gasteiger partial charge in [-0.3, -0.25) is 0 Å². The van der Waals surface area contributed by atoms with Crippen LogP contribution in [0.5, 0.6) is 0 Å². The smallest absolute Gasteiger partial charge is 0.134 e. The van der Waals surface area contributed by atoms with Gasteiger partial charge < -0.3 is 0 Å². The number of rotatable bonds is 7. The number of halogens is 1. The maximum Gasteiger partial charge on any atom is 0.134 e. The first kappa shape index (κ1) is 21.8. The van der Waals surface area contributed by atoms with Gasteiger partial charge in [-0.25, -0.2) is 4.39 Å². The lowest BCUT2D eigenvalue weighted by Crippen LogP contribution is -2.25. The molecule has 2 saturated carbocycles. The highest BCUT2D eigenvalue weighted by molar-refractivity contribution is 5.84. The molecule has 2 aromatic rings. The molecule has 2 aliphatic carbocycles. The molecule has 1 heteroatoms. The van der Waals surface area contributed by atoms with Crippen LogP contribution in [0.15, 0.2) is 30.3 Å². The van der Waals surface area contributed by atoms with E-state index in [1.807, 2.05) is 19.1 Å². The van der Waals surface area contributed by atoms with Crippen LogP contribution in [0.3, 0.4) is 0 Å². The Kier molecular flexibility index (Phi) is 7.50. The second-order valence-electron chi connectivity index (χ2n) is 10.3. The Hall–Kier alpha value is -1.37. The lowest BCUT2D eigenvalue weighted by Gasteiger charge is -2.38. The summed E-state index contributed by atoms with van der Waals surface area (Å²) in [4.78, 5) is 0. The standard InChI is InChI=1S/C29H41F/c1-3-5-6-7-21-8-10-23(11-9-21)24-13-15-25(16-14-24)26-18-19-28-27(20-26)17-12-22(4-2)29(28)30/h12,17-21,23-25H,3-11,13-16H2,1-2H3. The van der Waals surface area contributed by atoms with E-state index in [9.17, 15) is 4.39 Å². The van der Waals surface area contributed by atoms with Crippen molar-refractivity contribution in [1.29, 1.82) is 0 Å². The summed E-state index contributed by atoms with van der Waals surface area (Å²) < 4.78 is 14.6. The first-order valence-electron chi connectivity index (χ1n) is 12.9. The predicted molar refractivity (Wildman–Crippen MR) is 128 cm³/mol. The van der Waals surface area contributed by atoms with E-state index in [0.717, 1.165) is 40.5 Å². The maximum absolute atomic E-state index is 14.6. The van der Waals surface area contributed by atoms with Crippen LogP contribution in [-0.4, -0.2) is 0 Å². The molecule has 164 valence electrons. The molecule has 2 aromatic carbocycles. The van der Waals surface area contributed by atoms with E-state index in [1.165, 1.54) is 82.6 Å². The highest BCUT2D eigenvalue weighted by Gasteiger charge is 2.31. The molecular formula is C29H41F. The Morgan fingerprint density at radius 3 is 2.17 bits per heavy atom. The second kappa shape index (κ2) is 10.3. The van der Waals surface area contributed by atoms with Crippen molar-refractivity contribution in [3.63, 3.8) is 0 Å². The van der Waals surface area contributed by atoms with Gasteiger partial charge in [0.1, 0.15) is 5.82 Å². The highest BCUT2D eigenvalue weighted by Crippen LogP contribution is 2.45. The molecule has 0 nitrogen and oxygen atoms in total. The van der Waals surface area contributed by atoms with Crippen LogP contribution in [0, 0.1) is 23.6 Å². The number of hydrogen-bond acceptors (Lipinski definition) is 0. The third-order valence-corrected chi connectivity index (χ3v) is 8.46. The van der Waals surface area contributed by atoms with Crippen molar-refractivity contribution in [1.82, 2.24) is 0 Å². The predicted octanol–water partition coefficient (Wildman–Crippen LogP) is 9.20. The van der Waals surface area contributed by atoms with Gasteiger partial charge in [0.2, 0.25) is 0 Å². The maximum atomic E-state index is 14.6. The van der Waals surface area contributed by atoms with Gasteiger partial charge in [0.25, 0.3) is 0 Å². The Labute approximate surface area is 183 Å². The van der Waals surface area contributed by atoms with Crippen molar-refractivity contribution >= 4 is 10.8 Å². The van der Waals surface area contributed by atoms with E-state index >= 15 is 0 Å². The van der Waals surface area contributed by atoms with Crippen LogP contribution in [-0.2, 0) is 6.42 Å². The minimum atomic E-state index is -0.0180. The third kappa shape index (κ3) is 4.92. The first-order chi connectivity index (χ1) is 14.7. The molecule has 4 rings (SSSR count). The van der Waals surface area contributed by atoms with Gasteiger partial charge >= 0.3 is 0 Å². The Bertz CT molecular complexity index is 806. The van der Waals surface area contributed by atoms with Crippen LogP contribution in [0.1, 0.15) is 108 Å². The van der Waals surface area contributed by atoms with Crippen molar-refractivity contribution in [2.75, 3.05) is 0 Å². The summed E-state index contributed by atoms with van der Waals surface area (Å²) in [6, 6.07) is 10.6. The first-order valence-corrected chi connectivity index (χ1v) is 12.9. The zero-order chi connectivity index (χ0) is 20.9. The molecule has 0 amide bonds. The molecule has 0 radical (unpaired) electrons. The summed E-state index contributed by atoms with van der Waals surface area (Å²) in [5, 5.41) is 1.87. The molecule has 0 atom stereocenters. The summed E-state index contributed by atoms with van der Waals surface area (Å²) in [7, 11) is 0. The van der Waals surface area contributed by atoms with Gasteiger partial charge in [0, 0.05) is 5.39 Å². The van der Waals surface area contributed by atoms with Crippen LogP contribution >= 0.6 is 0 Å². The number of hydrogen-bond donors (Lipinski definition) is 0. The van der Waals surface area contributed by atoms with Crippen molar-refractivity contribution in [3.8, 4) is 0 Å². The molecule has 0 unspecified atom stereocenters. The van der Waals surface area contributed by atoms with E-state index in [0.29, 0.717) is 5.92 Å². The van der Waals surface area contributed by atoms with Gasteiger partial charge in [-0.1, -0.05) is 82.7 Å². The van der Waals surface area contributed by atoms with Crippen LogP contribution in [0.4, 0.5) is 4.39 Å². The van der Waals surface area contributed by atoms with Crippen LogP contribution in [0.25, 0.3) is 10.8 Å². The van der Waals surface area contributed by atoms with Gasteiger partial charge in [0.15, 0.2) is 0 Å². The van der Waals surface area contributed by atoms with Crippen molar-refractivity contribution in [2.45, 2.75) is 103 Å². The fourth-order valence-electron chi connectivity index (χ4n) is 6.44. The minimum Gasteiger partial charge on any atom is -0.206 e. The zero-order valence-electron chi connectivity index (χ0n) is 19.3. The number of benzene rings is 2. The third-order valence-electron chi connectivity index (χ3n) is 8.46. The number of unbranched alkanes of at least 4 members (excludes halogenated alkanes) is 2. The van der Waals surface area contributed by atoms with Crippen molar-refractivity contribution in [3.05, 3.63) is 47.3 Å². The molecule has 2 fully saturated rings. The van der Waals surface area contributed by atoms with Crippen LogP contribution in [0.2, 0.25) is 0 Å². The summed E-state index contributed by atoms with van der Waals surface area (Å²) >= 11 is 0. The average Bonchev–Trinajstić information content (AvgIpc) is 2.80. The van der Waals surface area contributed by atoms with E-state index in [-0.39, 0.29) is 5.82 Å². The number of fused-ring (bicyclic) bond motifs is 1. The molecular weight excluding hydrogens is 367 g/mol.